The van der Waals surface area contributed by atoms with Crippen LogP contribution >= 0.6 is 34.8 Å². The molecule has 102 valence electrons. The number of carbonyl (C=O) groups is 1. The molecule has 2 aromatic rings. The molecule has 1 heterocycles. The number of nitrogens with one attached hydrogen (secondary N) is 1. The van der Waals surface area contributed by atoms with Gasteiger partial charge in [-0.3, -0.25) is 4.79 Å². The first-order valence-electron chi connectivity index (χ1n) is 5.47. The molecule has 0 spiro atoms. The molecule has 0 fully saturated rings. The fourth-order valence-electron chi connectivity index (χ4n) is 1.36. The third-order valence-electron chi connectivity index (χ3n) is 2.35. The lowest BCUT2D eigenvalue weighted by molar-refractivity contribution is 0.0955. The van der Waals surface area contributed by atoms with E-state index in [-0.39, 0.29) is 0 Å². The summed E-state index contributed by atoms with van der Waals surface area (Å²) in [6.45, 7) is 0. The molecule has 0 saturated carbocycles. The minimum atomic E-state index is -0.409. The smallest absolute Gasteiger partial charge is 0.267 e. The Hall–Kier alpha value is -1.62. The van der Waals surface area contributed by atoms with Gasteiger partial charge in [0, 0.05) is 11.8 Å². The highest BCUT2D eigenvalue weighted by Gasteiger charge is 2.05. The average Bonchev–Trinajstić information content (AvgIpc) is 2.42. The summed E-state index contributed by atoms with van der Waals surface area (Å²) in [6.07, 6.45) is 2.74. The molecule has 1 N–H and O–H groups in total. The summed E-state index contributed by atoms with van der Waals surface area (Å²) in [7, 11) is 0. The summed E-state index contributed by atoms with van der Waals surface area (Å²) < 4.78 is 0. The van der Waals surface area contributed by atoms with Crippen molar-refractivity contribution >= 4 is 46.9 Å². The van der Waals surface area contributed by atoms with Crippen LogP contribution in [0.1, 0.15) is 15.9 Å². The Morgan fingerprint density at radius 3 is 2.45 bits per heavy atom. The molecule has 1 aromatic carbocycles. The van der Waals surface area contributed by atoms with Crippen LogP contribution in [0.15, 0.2) is 41.6 Å². The number of hydrogen-bond donors (Lipinski definition) is 1. The van der Waals surface area contributed by atoms with E-state index >= 15 is 0 Å². The van der Waals surface area contributed by atoms with Crippen LogP contribution in [0.3, 0.4) is 0 Å². The van der Waals surface area contributed by atoms with Gasteiger partial charge in [-0.25, -0.2) is 10.4 Å². The third-order valence-corrected chi connectivity index (χ3v) is 3.23. The highest BCUT2D eigenvalue weighted by atomic mass is 35.5. The number of hydrogen-bond acceptors (Lipinski definition) is 3. The van der Waals surface area contributed by atoms with E-state index in [1.54, 1.807) is 24.3 Å². The van der Waals surface area contributed by atoms with Crippen LogP contribution in [0.5, 0.6) is 0 Å². The van der Waals surface area contributed by atoms with Crippen LogP contribution in [-0.4, -0.2) is 17.1 Å². The minimum Gasteiger partial charge on any atom is -0.267 e. The Morgan fingerprint density at radius 1 is 1.15 bits per heavy atom. The first-order valence-corrected chi connectivity index (χ1v) is 6.60. The molecule has 20 heavy (non-hydrogen) atoms. The predicted molar refractivity (Wildman–Crippen MR) is 80.8 cm³/mol. The van der Waals surface area contributed by atoms with Crippen LogP contribution in [0.2, 0.25) is 15.2 Å². The zero-order valence-corrected chi connectivity index (χ0v) is 12.2. The molecule has 0 unspecified atom stereocenters. The summed E-state index contributed by atoms with van der Waals surface area (Å²) in [5.74, 6) is -0.409. The standard InChI is InChI=1S/C13H8Cl3N3O/c14-10-2-1-3-11(15)9(10)7-18-19-13(20)8-4-5-12(16)17-6-8/h1-7H,(H,19,20)/b18-7-. The number of pyridine rings is 1. The van der Waals surface area contributed by atoms with Gasteiger partial charge in [-0.2, -0.15) is 5.10 Å². The highest BCUT2D eigenvalue weighted by molar-refractivity contribution is 6.38. The molecule has 0 saturated heterocycles. The lowest BCUT2D eigenvalue weighted by Crippen LogP contribution is -2.17. The Morgan fingerprint density at radius 2 is 1.85 bits per heavy atom. The van der Waals surface area contributed by atoms with Crippen molar-refractivity contribution in [2.75, 3.05) is 0 Å². The summed E-state index contributed by atoms with van der Waals surface area (Å²) >= 11 is 17.6. The van der Waals surface area contributed by atoms with Gasteiger partial charge in [0.05, 0.1) is 21.8 Å². The highest BCUT2D eigenvalue weighted by Crippen LogP contribution is 2.21. The number of rotatable bonds is 3. The second kappa shape index (κ2) is 6.70. The number of aromatic nitrogens is 1. The summed E-state index contributed by atoms with van der Waals surface area (Å²) in [5.41, 5.74) is 3.23. The Kier molecular flexibility index (Phi) is 4.95. The van der Waals surface area contributed by atoms with Gasteiger partial charge in [0.2, 0.25) is 0 Å². The van der Waals surface area contributed by atoms with Crippen molar-refractivity contribution in [2.24, 2.45) is 5.10 Å². The summed E-state index contributed by atoms with van der Waals surface area (Å²) in [6, 6.07) is 8.15. The van der Waals surface area contributed by atoms with E-state index in [0.717, 1.165) is 0 Å². The van der Waals surface area contributed by atoms with Crippen LogP contribution in [0.4, 0.5) is 0 Å². The zero-order chi connectivity index (χ0) is 14.5. The van der Waals surface area contributed by atoms with Crippen LogP contribution < -0.4 is 5.43 Å². The number of amides is 1. The van der Waals surface area contributed by atoms with Crippen LogP contribution in [-0.2, 0) is 0 Å². The van der Waals surface area contributed by atoms with E-state index in [2.05, 4.69) is 15.5 Å². The molecule has 1 aromatic heterocycles. The van der Waals surface area contributed by atoms with Gasteiger partial charge in [0.25, 0.3) is 5.91 Å². The van der Waals surface area contributed by atoms with E-state index in [4.69, 9.17) is 34.8 Å². The lowest BCUT2D eigenvalue weighted by atomic mass is 10.2. The first kappa shape index (κ1) is 14.8. The fraction of sp³-hybridized carbons (Fsp3) is 0. The molecule has 0 aliphatic heterocycles. The number of halogens is 3. The maximum Gasteiger partial charge on any atom is 0.272 e. The minimum absolute atomic E-state index is 0.313. The van der Waals surface area contributed by atoms with E-state index < -0.39 is 5.91 Å². The van der Waals surface area contributed by atoms with Gasteiger partial charge in [-0.1, -0.05) is 40.9 Å². The van der Waals surface area contributed by atoms with Gasteiger partial charge in [0.15, 0.2) is 0 Å². The number of hydrazone groups is 1. The number of nitrogens with zero attached hydrogens (tertiary/aromatic N) is 2. The van der Waals surface area contributed by atoms with E-state index in [9.17, 15) is 4.79 Å². The molecule has 0 bridgehead atoms. The Labute approximate surface area is 130 Å². The second-order valence-electron chi connectivity index (χ2n) is 3.70. The molecule has 1 amide bonds. The SMILES string of the molecule is O=C(N/N=C\c1c(Cl)cccc1Cl)c1ccc(Cl)nc1. The van der Waals surface area contributed by atoms with E-state index in [1.807, 2.05) is 0 Å². The van der Waals surface area contributed by atoms with Crippen LogP contribution in [0, 0.1) is 0 Å². The molecule has 0 aliphatic rings. The second-order valence-corrected chi connectivity index (χ2v) is 4.91. The molecule has 4 nitrogen and oxygen atoms in total. The average molecular weight is 329 g/mol. The van der Waals surface area contributed by atoms with Crippen molar-refractivity contribution < 1.29 is 4.79 Å². The number of carbonyl (C=O) groups excluding carboxylic acids is 1. The van der Waals surface area contributed by atoms with Gasteiger partial charge in [-0.05, 0) is 24.3 Å². The van der Waals surface area contributed by atoms with Gasteiger partial charge in [-0.15, -0.1) is 0 Å². The summed E-state index contributed by atoms with van der Waals surface area (Å²) in [5, 5.41) is 5.02. The molecule has 7 heteroatoms. The fourth-order valence-corrected chi connectivity index (χ4v) is 1.97. The van der Waals surface area contributed by atoms with Gasteiger partial charge < -0.3 is 0 Å². The van der Waals surface area contributed by atoms with Crippen LogP contribution in [0.25, 0.3) is 0 Å². The van der Waals surface area contributed by atoms with E-state index in [1.165, 1.54) is 18.5 Å². The molecule has 0 atom stereocenters. The normalized spacial score (nSPS) is 10.8. The molecule has 2 rings (SSSR count). The van der Waals surface area contributed by atoms with Crippen molar-refractivity contribution in [3.63, 3.8) is 0 Å². The van der Waals surface area contributed by atoms with Crippen molar-refractivity contribution in [3.05, 3.63) is 62.9 Å². The maximum atomic E-state index is 11.7. The monoisotopic (exact) mass is 327 g/mol. The summed E-state index contributed by atoms with van der Waals surface area (Å²) in [4.78, 5) is 15.5. The van der Waals surface area contributed by atoms with Crippen molar-refractivity contribution in [1.29, 1.82) is 0 Å². The van der Waals surface area contributed by atoms with Crippen molar-refractivity contribution in [1.82, 2.24) is 10.4 Å². The number of benzene rings is 1. The third kappa shape index (κ3) is 3.70. The van der Waals surface area contributed by atoms with Crippen molar-refractivity contribution in [2.45, 2.75) is 0 Å². The predicted octanol–water partition coefficient (Wildman–Crippen LogP) is 3.81. The lowest BCUT2D eigenvalue weighted by Gasteiger charge is -2.01. The Bertz CT molecular complexity index is 636. The van der Waals surface area contributed by atoms with Gasteiger partial charge in [0.1, 0.15) is 5.15 Å². The largest absolute Gasteiger partial charge is 0.272 e. The van der Waals surface area contributed by atoms with Crippen molar-refractivity contribution in [3.8, 4) is 0 Å². The quantitative estimate of drug-likeness (QED) is 0.529. The van der Waals surface area contributed by atoms with E-state index in [0.29, 0.717) is 26.3 Å². The maximum absolute atomic E-state index is 11.7. The topological polar surface area (TPSA) is 54.4 Å². The zero-order valence-electron chi connectivity index (χ0n) is 9.98. The molecule has 0 radical (unpaired) electrons. The molecular formula is C13H8Cl3N3O. The Balaban J connectivity index is 2.06. The van der Waals surface area contributed by atoms with Gasteiger partial charge >= 0.3 is 0 Å². The molecule has 0 aliphatic carbocycles. The first-order chi connectivity index (χ1) is 9.58. The molecular weight excluding hydrogens is 321 g/mol.